The van der Waals surface area contributed by atoms with Gasteiger partial charge in [0.05, 0.1) is 6.04 Å². The number of aromatic amines is 1. The SMILES string of the molecule is Cl.O=C(NC(CN1CCCC1=O)c1ccccc1)c1n[nH]c2c1CNCC2. The molecule has 1 atom stereocenters. The van der Waals surface area contributed by atoms with Crippen molar-refractivity contribution in [2.45, 2.75) is 31.8 Å². The van der Waals surface area contributed by atoms with Crippen LogP contribution in [0.2, 0.25) is 0 Å². The predicted molar refractivity (Wildman–Crippen MR) is 104 cm³/mol. The third-order valence-corrected chi connectivity index (χ3v) is 5.10. The van der Waals surface area contributed by atoms with Gasteiger partial charge >= 0.3 is 0 Å². The maximum Gasteiger partial charge on any atom is 0.272 e. The second-order valence-electron chi connectivity index (χ2n) is 6.84. The van der Waals surface area contributed by atoms with E-state index in [0.717, 1.165) is 42.8 Å². The van der Waals surface area contributed by atoms with Gasteiger partial charge in [0, 0.05) is 50.3 Å². The lowest BCUT2D eigenvalue weighted by atomic mass is 10.0. The minimum atomic E-state index is -0.255. The molecular formula is C19H24ClN5O2. The Morgan fingerprint density at radius 1 is 1.26 bits per heavy atom. The molecule has 1 aromatic carbocycles. The second kappa shape index (κ2) is 8.54. The van der Waals surface area contributed by atoms with E-state index in [4.69, 9.17) is 0 Å². The van der Waals surface area contributed by atoms with Gasteiger partial charge in [0.15, 0.2) is 5.69 Å². The van der Waals surface area contributed by atoms with Crippen LogP contribution in [0.4, 0.5) is 0 Å². The van der Waals surface area contributed by atoms with Crippen molar-refractivity contribution in [2.24, 2.45) is 0 Å². The smallest absolute Gasteiger partial charge is 0.272 e. The predicted octanol–water partition coefficient (Wildman–Crippen LogP) is 1.57. The van der Waals surface area contributed by atoms with E-state index in [1.54, 1.807) is 0 Å². The van der Waals surface area contributed by atoms with Crippen LogP contribution in [0.25, 0.3) is 0 Å². The fraction of sp³-hybridized carbons (Fsp3) is 0.421. The number of rotatable bonds is 5. The molecule has 1 fully saturated rings. The number of hydrogen-bond acceptors (Lipinski definition) is 4. The fourth-order valence-electron chi connectivity index (χ4n) is 3.68. The molecule has 0 saturated carbocycles. The Morgan fingerprint density at radius 3 is 2.81 bits per heavy atom. The number of benzene rings is 1. The lowest BCUT2D eigenvalue weighted by Gasteiger charge is -2.25. The molecule has 0 aliphatic carbocycles. The molecule has 4 rings (SSSR count). The summed E-state index contributed by atoms with van der Waals surface area (Å²) in [4.78, 5) is 26.8. The Morgan fingerprint density at radius 2 is 2.07 bits per heavy atom. The zero-order valence-electron chi connectivity index (χ0n) is 15.0. The summed E-state index contributed by atoms with van der Waals surface area (Å²) in [5, 5.41) is 13.6. The topological polar surface area (TPSA) is 90.1 Å². The number of hydrogen-bond donors (Lipinski definition) is 3. The van der Waals surface area contributed by atoms with Crippen molar-refractivity contribution in [1.29, 1.82) is 0 Å². The lowest BCUT2D eigenvalue weighted by Crippen LogP contribution is -2.39. The van der Waals surface area contributed by atoms with Gasteiger partial charge in [0.25, 0.3) is 5.91 Å². The molecule has 2 aromatic rings. The van der Waals surface area contributed by atoms with Gasteiger partial charge in [-0.25, -0.2) is 0 Å². The zero-order chi connectivity index (χ0) is 17.9. The summed E-state index contributed by atoms with van der Waals surface area (Å²) in [5.41, 5.74) is 3.40. The molecule has 3 N–H and O–H groups in total. The first-order chi connectivity index (χ1) is 12.7. The molecule has 1 aromatic heterocycles. The first-order valence-corrected chi connectivity index (χ1v) is 9.13. The first kappa shape index (κ1) is 19.4. The van der Waals surface area contributed by atoms with Crippen LogP contribution in [-0.4, -0.2) is 46.5 Å². The minimum absolute atomic E-state index is 0. The van der Waals surface area contributed by atoms with Crippen molar-refractivity contribution in [3.63, 3.8) is 0 Å². The summed E-state index contributed by atoms with van der Waals surface area (Å²) in [6.07, 6.45) is 2.32. The highest BCUT2D eigenvalue weighted by atomic mass is 35.5. The number of nitrogens with zero attached hydrogens (tertiary/aromatic N) is 2. The molecule has 1 unspecified atom stereocenters. The van der Waals surface area contributed by atoms with Gasteiger partial charge in [0.1, 0.15) is 0 Å². The van der Waals surface area contributed by atoms with E-state index in [9.17, 15) is 9.59 Å². The van der Waals surface area contributed by atoms with E-state index in [-0.39, 0.29) is 30.3 Å². The van der Waals surface area contributed by atoms with E-state index < -0.39 is 0 Å². The average Bonchev–Trinajstić information content (AvgIpc) is 3.28. The second-order valence-corrected chi connectivity index (χ2v) is 6.84. The number of nitrogens with one attached hydrogen (secondary N) is 3. The van der Waals surface area contributed by atoms with Crippen LogP contribution in [0.15, 0.2) is 30.3 Å². The van der Waals surface area contributed by atoms with Crippen molar-refractivity contribution >= 4 is 24.2 Å². The van der Waals surface area contributed by atoms with Crippen molar-refractivity contribution in [3.05, 3.63) is 52.8 Å². The monoisotopic (exact) mass is 389 g/mol. The molecule has 0 radical (unpaired) electrons. The molecule has 0 bridgehead atoms. The lowest BCUT2D eigenvalue weighted by molar-refractivity contribution is -0.128. The fourth-order valence-corrected chi connectivity index (χ4v) is 3.68. The van der Waals surface area contributed by atoms with Crippen molar-refractivity contribution in [1.82, 2.24) is 25.7 Å². The largest absolute Gasteiger partial charge is 0.342 e. The highest BCUT2D eigenvalue weighted by Gasteiger charge is 2.28. The van der Waals surface area contributed by atoms with Crippen molar-refractivity contribution < 1.29 is 9.59 Å². The van der Waals surface area contributed by atoms with E-state index in [0.29, 0.717) is 25.2 Å². The van der Waals surface area contributed by atoms with Crippen LogP contribution >= 0.6 is 12.4 Å². The molecule has 144 valence electrons. The highest BCUT2D eigenvalue weighted by molar-refractivity contribution is 5.94. The number of H-pyrrole nitrogens is 1. The van der Waals surface area contributed by atoms with Gasteiger partial charge in [-0.2, -0.15) is 5.10 Å². The summed E-state index contributed by atoms with van der Waals surface area (Å²) in [5.74, 6) is -0.0479. The Bertz CT molecular complexity index is 808. The molecule has 7 nitrogen and oxygen atoms in total. The van der Waals surface area contributed by atoms with Gasteiger partial charge in [-0.15, -0.1) is 12.4 Å². The maximum atomic E-state index is 12.9. The summed E-state index contributed by atoms with van der Waals surface area (Å²) in [6.45, 7) is 2.77. The Balaban J connectivity index is 0.00000210. The number of aromatic nitrogens is 2. The summed E-state index contributed by atoms with van der Waals surface area (Å²) < 4.78 is 0. The molecule has 0 spiro atoms. The standard InChI is InChI=1S/C19H23N5O2.ClH/c25-17-7-4-10-24(17)12-16(13-5-2-1-3-6-13)21-19(26)18-14-11-20-9-8-15(14)22-23-18;/h1-3,5-6,16,20H,4,7-12H2,(H,21,26)(H,22,23);1H. The number of amides is 2. The van der Waals surface area contributed by atoms with Crippen LogP contribution in [0, 0.1) is 0 Å². The van der Waals surface area contributed by atoms with Gasteiger partial charge in [-0.1, -0.05) is 30.3 Å². The quantitative estimate of drug-likeness (QED) is 0.724. The summed E-state index contributed by atoms with van der Waals surface area (Å²) >= 11 is 0. The van der Waals surface area contributed by atoms with E-state index in [2.05, 4.69) is 20.8 Å². The van der Waals surface area contributed by atoms with E-state index in [1.165, 1.54) is 0 Å². The number of fused-ring (bicyclic) bond motifs is 1. The van der Waals surface area contributed by atoms with Crippen LogP contribution in [0.3, 0.4) is 0 Å². The Kier molecular flexibility index (Phi) is 6.13. The average molecular weight is 390 g/mol. The number of halogens is 1. The van der Waals surface area contributed by atoms with Gasteiger partial charge in [0.2, 0.25) is 5.91 Å². The number of carbonyl (C=O) groups excluding carboxylic acids is 2. The third-order valence-electron chi connectivity index (χ3n) is 5.10. The molecule has 2 aliphatic heterocycles. The Hall–Kier alpha value is -2.38. The van der Waals surface area contributed by atoms with Gasteiger partial charge in [-0.05, 0) is 12.0 Å². The molecule has 8 heteroatoms. The normalized spacial score (nSPS) is 17.2. The zero-order valence-corrected chi connectivity index (χ0v) is 15.8. The first-order valence-electron chi connectivity index (χ1n) is 9.13. The van der Waals surface area contributed by atoms with Crippen molar-refractivity contribution in [3.8, 4) is 0 Å². The highest BCUT2D eigenvalue weighted by Crippen LogP contribution is 2.21. The minimum Gasteiger partial charge on any atom is -0.342 e. The van der Waals surface area contributed by atoms with Crippen LogP contribution in [0.5, 0.6) is 0 Å². The molecule has 1 saturated heterocycles. The van der Waals surface area contributed by atoms with E-state index >= 15 is 0 Å². The Labute approximate surface area is 164 Å². The maximum absolute atomic E-state index is 12.9. The molecule has 2 aliphatic rings. The molecule has 2 amide bonds. The number of likely N-dealkylation sites (tertiary alicyclic amines) is 1. The molecule has 3 heterocycles. The van der Waals surface area contributed by atoms with Gasteiger partial charge in [-0.3, -0.25) is 14.7 Å². The number of carbonyl (C=O) groups is 2. The summed E-state index contributed by atoms with van der Waals surface area (Å²) in [6, 6.07) is 9.54. The van der Waals surface area contributed by atoms with Gasteiger partial charge < -0.3 is 15.5 Å². The van der Waals surface area contributed by atoms with Crippen LogP contribution < -0.4 is 10.6 Å². The van der Waals surface area contributed by atoms with Crippen LogP contribution in [0.1, 0.15) is 46.2 Å². The van der Waals surface area contributed by atoms with Crippen molar-refractivity contribution in [2.75, 3.05) is 19.6 Å². The molecular weight excluding hydrogens is 366 g/mol. The van der Waals surface area contributed by atoms with E-state index in [1.807, 2.05) is 35.2 Å². The summed E-state index contributed by atoms with van der Waals surface area (Å²) in [7, 11) is 0. The third kappa shape index (κ3) is 4.14. The van der Waals surface area contributed by atoms with Crippen LogP contribution in [-0.2, 0) is 17.8 Å². The molecule has 27 heavy (non-hydrogen) atoms.